The highest BCUT2D eigenvalue weighted by Crippen LogP contribution is 2.16. The maximum atomic E-state index is 4.20. The molecule has 0 fully saturated rings. The Morgan fingerprint density at radius 1 is 1.38 bits per heavy atom. The molecule has 0 aromatic carbocycles. The molecular weight excluding hydrogens is 202 g/mol. The van der Waals surface area contributed by atoms with E-state index < -0.39 is 0 Å². The van der Waals surface area contributed by atoms with Crippen molar-refractivity contribution in [1.82, 2.24) is 20.2 Å². The van der Waals surface area contributed by atoms with Crippen molar-refractivity contribution in [2.45, 2.75) is 13.8 Å². The number of anilines is 1. The van der Waals surface area contributed by atoms with Gasteiger partial charge in [0.05, 0.1) is 11.9 Å². The zero-order valence-corrected chi connectivity index (χ0v) is 9.44. The van der Waals surface area contributed by atoms with Crippen LogP contribution in [0, 0.1) is 5.92 Å². The first-order valence-electron chi connectivity index (χ1n) is 5.31. The number of aromatic nitrogens is 4. The predicted octanol–water partition coefficient (Wildman–Crippen LogP) is 1.93. The predicted molar refractivity (Wildman–Crippen MR) is 62.9 cm³/mol. The van der Waals surface area contributed by atoms with Gasteiger partial charge < -0.3 is 5.32 Å². The molecule has 0 atom stereocenters. The van der Waals surface area contributed by atoms with E-state index in [-0.39, 0.29) is 0 Å². The number of hydrogen-bond acceptors (Lipinski definition) is 4. The normalized spacial score (nSPS) is 10.7. The van der Waals surface area contributed by atoms with Crippen molar-refractivity contribution in [1.29, 1.82) is 0 Å². The molecule has 0 amide bonds. The molecule has 0 aliphatic carbocycles. The monoisotopic (exact) mass is 217 g/mol. The highest BCUT2D eigenvalue weighted by Gasteiger charge is 2.04. The minimum absolute atomic E-state index is 0.594. The first-order chi connectivity index (χ1) is 7.75. The van der Waals surface area contributed by atoms with Crippen LogP contribution in [-0.4, -0.2) is 26.7 Å². The highest BCUT2D eigenvalue weighted by molar-refractivity contribution is 5.57. The molecule has 16 heavy (non-hydrogen) atoms. The number of nitrogens with zero attached hydrogens (tertiary/aromatic N) is 3. The van der Waals surface area contributed by atoms with Crippen LogP contribution < -0.4 is 5.32 Å². The number of H-pyrrole nitrogens is 1. The third-order valence-electron chi connectivity index (χ3n) is 2.11. The summed E-state index contributed by atoms with van der Waals surface area (Å²) in [6.07, 6.45) is 5.02. The molecule has 0 saturated carbocycles. The molecule has 0 unspecified atom stereocenters. The van der Waals surface area contributed by atoms with Gasteiger partial charge in [-0.25, -0.2) is 0 Å². The Bertz CT molecular complexity index is 435. The summed E-state index contributed by atoms with van der Waals surface area (Å²) in [6, 6.07) is 1.94. The molecule has 0 spiro atoms. The van der Waals surface area contributed by atoms with Crippen molar-refractivity contribution in [3.05, 3.63) is 24.7 Å². The molecule has 84 valence electrons. The van der Waals surface area contributed by atoms with Crippen molar-refractivity contribution < 1.29 is 0 Å². The van der Waals surface area contributed by atoms with E-state index in [1.165, 1.54) is 0 Å². The Hall–Kier alpha value is -1.91. The number of aromatic amines is 1. The van der Waals surface area contributed by atoms with Crippen LogP contribution in [0.25, 0.3) is 11.4 Å². The van der Waals surface area contributed by atoms with Gasteiger partial charge in [0, 0.05) is 25.0 Å². The molecule has 0 bridgehead atoms. The Balaban J connectivity index is 2.08. The maximum Gasteiger partial charge on any atom is 0.148 e. The van der Waals surface area contributed by atoms with Gasteiger partial charge in [0.15, 0.2) is 0 Å². The van der Waals surface area contributed by atoms with Crippen molar-refractivity contribution in [2.24, 2.45) is 5.92 Å². The van der Waals surface area contributed by atoms with Gasteiger partial charge in [0.25, 0.3) is 0 Å². The van der Waals surface area contributed by atoms with E-state index in [1.807, 2.05) is 6.07 Å². The van der Waals surface area contributed by atoms with E-state index in [9.17, 15) is 0 Å². The Morgan fingerprint density at radius 3 is 2.94 bits per heavy atom. The number of rotatable bonds is 4. The third kappa shape index (κ3) is 2.56. The SMILES string of the molecule is CC(C)CNc1cc(-c2cnccn2)[nH]n1. The first kappa shape index (κ1) is 10.6. The van der Waals surface area contributed by atoms with Crippen LogP contribution >= 0.6 is 0 Å². The molecule has 2 aromatic heterocycles. The molecule has 2 aromatic rings. The lowest BCUT2D eigenvalue weighted by molar-refractivity contribution is 0.687. The van der Waals surface area contributed by atoms with Crippen LogP contribution in [0.4, 0.5) is 5.82 Å². The maximum absolute atomic E-state index is 4.20. The van der Waals surface area contributed by atoms with Crippen LogP contribution in [0.1, 0.15) is 13.8 Å². The van der Waals surface area contributed by atoms with Gasteiger partial charge in [-0.15, -0.1) is 0 Å². The summed E-state index contributed by atoms with van der Waals surface area (Å²) in [4.78, 5) is 8.21. The molecular formula is C11H15N5. The van der Waals surface area contributed by atoms with Crippen LogP contribution in [0.2, 0.25) is 0 Å². The fourth-order valence-electron chi connectivity index (χ4n) is 1.29. The molecule has 2 rings (SSSR count). The lowest BCUT2D eigenvalue weighted by Gasteiger charge is -2.04. The van der Waals surface area contributed by atoms with Gasteiger partial charge in [0.2, 0.25) is 0 Å². The summed E-state index contributed by atoms with van der Waals surface area (Å²) in [5.74, 6) is 1.44. The van der Waals surface area contributed by atoms with Crippen molar-refractivity contribution in [3.63, 3.8) is 0 Å². The topological polar surface area (TPSA) is 66.5 Å². The van der Waals surface area contributed by atoms with E-state index in [0.29, 0.717) is 5.92 Å². The smallest absolute Gasteiger partial charge is 0.148 e. The minimum atomic E-state index is 0.594. The van der Waals surface area contributed by atoms with Gasteiger partial charge in [-0.05, 0) is 5.92 Å². The molecule has 0 saturated heterocycles. The molecule has 5 heteroatoms. The van der Waals surface area contributed by atoms with Crippen LogP contribution in [0.15, 0.2) is 24.7 Å². The van der Waals surface area contributed by atoms with Crippen molar-refractivity contribution in [3.8, 4) is 11.4 Å². The molecule has 2 heterocycles. The van der Waals surface area contributed by atoms with E-state index in [4.69, 9.17) is 0 Å². The summed E-state index contributed by atoms with van der Waals surface area (Å²) in [5.41, 5.74) is 1.67. The summed E-state index contributed by atoms with van der Waals surface area (Å²) in [7, 11) is 0. The molecule has 0 aliphatic rings. The van der Waals surface area contributed by atoms with Gasteiger partial charge in [-0.3, -0.25) is 15.1 Å². The third-order valence-corrected chi connectivity index (χ3v) is 2.11. The second kappa shape index (κ2) is 4.74. The van der Waals surface area contributed by atoms with Gasteiger partial charge in [0.1, 0.15) is 11.5 Å². The van der Waals surface area contributed by atoms with Crippen molar-refractivity contribution >= 4 is 5.82 Å². The molecule has 2 N–H and O–H groups in total. The Kier molecular flexibility index (Phi) is 3.14. The number of hydrogen-bond donors (Lipinski definition) is 2. The summed E-state index contributed by atoms with van der Waals surface area (Å²) >= 11 is 0. The Morgan fingerprint density at radius 2 is 2.25 bits per heavy atom. The van der Waals surface area contributed by atoms with Crippen LogP contribution in [-0.2, 0) is 0 Å². The average molecular weight is 217 g/mol. The van der Waals surface area contributed by atoms with E-state index >= 15 is 0 Å². The number of nitrogens with one attached hydrogen (secondary N) is 2. The van der Waals surface area contributed by atoms with E-state index in [1.54, 1.807) is 18.6 Å². The zero-order valence-electron chi connectivity index (χ0n) is 9.44. The average Bonchev–Trinajstić information content (AvgIpc) is 2.76. The van der Waals surface area contributed by atoms with Crippen LogP contribution in [0.5, 0.6) is 0 Å². The molecule has 0 radical (unpaired) electrons. The lowest BCUT2D eigenvalue weighted by Crippen LogP contribution is -2.07. The fourth-order valence-corrected chi connectivity index (χ4v) is 1.29. The van der Waals surface area contributed by atoms with Gasteiger partial charge in [-0.1, -0.05) is 13.8 Å². The first-order valence-corrected chi connectivity index (χ1v) is 5.31. The quantitative estimate of drug-likeness (QED) is 0.821. The van der Waals surface area contributed by atoms with Crippen molar-refractivity contribution in [2.75, 3.05) is 11.9 Å². The summed E-state index contributed by atoms with van der Waals surface area (Å²) < 4.78 is 0. The molecule has 5 nitrogen and oxygen atoms in total. The summed E-state index contributed by atoms with van der Waals surface area (Å²) in [6.45, 7) is 5.22. The van der Waals surface area contributed by atoms with Gasteiger partial charge in [-0.2, -0.15) is 5.10 Å². The molecule has 0 aliphatic heterocycles. The van der Waals surface area contributed by atoms with Gasteiger partial charge >= 0.3 is 0 Å². The van der Waals surface area contributed by atoms with E-state index in [2.05, 4.69) is 39.3 Å². The standard InChI is InChI=1S/C11H15N5/c1-8(2)6-14-11-5-9(15-16-11)10-7-12-3-4-13-10/h3-5,7-8H,6H2,1-2H3,(H2,14,15,16). The van der Waals surface area contributed by atoms with Crippen LogP contribution in [0.3, 0.4) is 0 Å². The lowest BCUT2D eigenvalue weighted by atomic mass is 10.2. The Labute approximate surface area is 94.3 Å². The minimum Gasteiger partial charge on any atom is -0.368 e. The van der Waals surface area contributed by atoms with E-state index in [0.717, 1.165) is 23.8 Å². The second-order valence-corrected chi connectivity index (χ2v) is 4.03. The zero-order chi connectivity index (χ0) is 11.4. The second-order valence-electron chi connectivity index (χ2n) is 4.03. The summed E-state index contributed by atoms with van der Waals surface area (Å²) in [5, 5.41) is 10.3. The highest BCUT2D eigenvalue weighted by atomic mass is 15.2. The largest absolute Gasteiger partial charge is 0.368 e. The fraction of sp³-hybridized carbons (Fsp3) is 0.364.